The molecule has 5 nitrogen and oxygen atoms in total. The fourth-order valence-corrected chi connectivity index (χ4v) is 7.27. The summed E-state index contributed by atoms with van der Waals surface area (Å²) >= 11 is 4.48. The molecular formula is C16H18BrFN2O3S2. The summed E-state index contributed by atoms with van der Waals surface area (Å²) in [6.45, 7) is 1.99. The Morgan fingerprint density at radius 1 is 1.44 bits per heavy atom. The molecule has 0 aromatic heterocycles. The Bertz CT molecular complexity index is 829. The number of hydrogen-bond acceptors (Lipinski definition) is 4. The van der Waals surface area contributed by atoms with Crippen molar-refractivity contribution >= 4 is 54.3 Å². The monoisotopic (exact) mass is 448 g/mol. The van der Waals surface area contributed by atoms with Crippen LogP contribution in [-0.2, 0) is 14.6 Å². The minimum Gasteiger partial charge on any atom is -0.313 e. The first-order valence-corrected chi connectivity index (χ1v) is 11.5. The lowest BCUT2D eigenvalue weighted by Crippen LogP contribution is -2.38. The molecule has 0 unspecified atom stereocenters. The quantitative estimate of drug-likeness (QED) is 0.705. The van der Waals surface area contributed by atoms with Crippen LogP contribution in [0.4, 0.5) is 10.1 Å². The lowest BCUT2D eigenvalue weighted by molar-refractivity contribution is -0.117. The maximum Gasteiger partial charge on any atom is 0.248 e. The van der Waals surface area contributed by atoms with Crippen LogP contribution in [0, 0.1) is 5.82 Å². The van der Waals surface area contributed by atoms with Gasteiger partial charge in [-0.3, -0.25) is 4.79 Å². The average molecular weight is 449 g/mol. The van der Waals surface area contributed by atoms with Gasteiger partial charge in [0, 0.05) is 16.1 Å². The van der Waals surface area contributed by atoms with Crippen molar-refractivity contribution in [2.45, 2.75) is 37.5 Å². The van der Waals surface area contributed by atoms with E-state index in [0.29, 0.717) is 16.1 Å². The number of amides is 1. The van der Waals surface area contributed by atoms with Gasteiger partial charge in [-0.2, -0.15) is 4.99 Å². The summed E-state index contributed by atoms with van der Waals surface area (Å²) in [7, 11) is -3.17. The first kappa shape index (κ1) is 18.8. The maximum atomic E-state index is 14.5. The maximum absolute atomic E-state index is 14.5. The van der Waals surface area contributed by atoms with Gasteiger partial charge >= 0.3 is 0 Å². The van der Waals surface area contributed by atoms with Crippen LogP contribution in [0.5, 0.6) is 0 Å². The molecule has 2 aliphatic rings. The van der Waals surface area contributed by atoms with Crippen molar-refractivity contribution in [3.05, 3.63) is 28.5 Å². The second-order valence-electron chi connectivity index (χ2n) is 6.16. The van der Waals surface area contributed by atoms with Gasteiger partial charge < -0.3 is 4.90 Å². The number of carbonyl (C=O) groups is 1. The van der Waals surface area contributed by atoms with Gasteiger partial charge in [-0.15, -0.1) is 0 Å². The van der Waals surface area contributed by atoms with E-state index in [1.54, 1.807) is 17.0 Å². The Morgan fingerprint density at radius 2 is 2.20 bits per heavy atom. The molecule has 2 aliphatic heterocycles. The summed E-state index contributed by atoms with van der Waals surface area (Å²) in [4.78, 5) is 17.8. The number of halogens is 2. The number of fused-ring (bicyclic) bond motifs is 1. The summed E-state index contributed by atoms with van der Waals surface area (Å²) in [6.07, 6.45) is 1.97. The van der Waals surface area contributed by atoms with Crippen molar-refractivity contribution in [2.24, 2.45) is 4.99 Å². The van der Waals surface area contributed by atoms with Crippen LogP contribution in [0.15, 0.2) is 27.7 Å². The minimum absolute atomic E-state index is 0.0269. The predicted octanol–water partition coefficient (Wildman–Crippen LogP) is 3.38. The van der Waals surface area contributed by atoms with E-state index in [1.807, 2.05) is 6.92 Å². The molecule has 2 fully saturated rings. The molecule has 9 heteroatoms. The number of carbonyl (C=O) groups excluding carboxylic acids is 1. The molecule has 2 saturated heterocycles. The molecule has 2 heterocycles. The van der Waals surface area contributed by atoms with Gasteiger partial charge in [0.15, 0.2) is 15.0 Å². The highest BCUT2D eigenvalue weighted by atomic mass is 79.9. The molecule has 0 N–H and O–H groups in total. The fourth-order valence-electron chi connectivity index (χ4n) is 3.01. The van der Waals surface area contributed by atoms with Crippen molar-refractivity contribution < 1.29 is 17.6 Å². The number of nitrogens with zero attached hydrogens (tertiary/aromatic N) is 2. The van der Waals surface area contributed by atoms with Gasteiger partial charge in [0.2, 0.25) is 5.91 Å². The molecule has 0 aliphatic carbocycles. The molecule has 1 amide bonds. The zero-order valence-corrected chi connectivity index (χ0v) is 16.8. The topological polar surface area (TPSA) is 66.8 Å². The highest BCUT2D eigenvalue weighted by molar-refractivity contribution is 9.10. The lowest BCUT2D eigenvalue weighted by atomic mass is 10.2. The van der Waals surface area contributed by atoms with Crippen molar-refractivity contribution in [1.29, 1.82) is 0 Å². The van der Waals surface area contributed by atoms with Gasteiger partial charge in [0.25, 0.3) is 0 Å². The van der Waals surface area contributed by atoms with Gasteiger partial charge in [-0.1, -0.05) is 41.0 Å². The van der Waals surface area contributed by atoms with Crippen LogP contribution in [-0.4, -0.2) is 42.3 Å². The fraction of sp³-hybridized carbons (Fsp3) is 0.500. The first-order valence-electron chi connectivity index (χ1n) is 8.03. The van der Waals surface area contributed by atoms with Crippen LogP contribution >= 0.6 is 27.7 Å². The number of aliphatic imine (C=N–C) groups is 1. The van der Waals surface area contributed by atoms with E-state index in [0.717, 1.165) is 12.8 Å². The average Bonchev–Trinajstić information content (AvgIpc) is 2.97. The molecular weight excluding hydrogens is 431 g/mol. The molecule has 0 radical (unpaired) electrons. The Hall–Kier alpha value is -0.930. The van der Waals surface area contributed by atoms with E-state index >= 15 is 0 Å². The predicted molar refractivity (Wildman–Crippen MR) is 102 cm³/mol. The van der Waals surface area contributed by atoms with E-state index in [-0.39, 0.29) is 28.4 Å². The molecule has 3 rings (SSSR count). The SMILES string of the molecule is CCCCC(=O)N=C1S[C@@H]2CS(=O)(=O)C[C@@H]2N1c1ccc(Br)cc1F. The summed E-state index contributed by atoms with van der Waals surface area (Å²) in [5, 5.41) is 0.165. The second kappa shape index (κ2) is 7.36. The Kier molecular flexibility index (Phi) is 5.55. The highest BCUT2D eigenvalue weighted by Crippen LogP contribution is 2.42. The molecule has 0 saturated carbocycles. The van der Waals surface area contributed by atoms with Crippen LogP contribution in [0.2, 0.25) is 0 Å². The summed E-state index contributed by atoms with van der Waals surface area (Å²) < 4.78 is 39.1. The molecule has 25 heavy (non-hydrogen) atoms. The third-order valence-electron chi connectivity index (χ3n) is 4.20. The number of amidine groups is 1. The van der Waals surface area contributed by atoms with Crippen LogP contribution < -0.4 is 4.90 Å². The Balaban J connectivity index is 1.98. The summed E-state index contributed by atoms with van der Waals surface area (Å²) in [5.41, 5.74) is 0.252. The van der Waals surface area contributed by atoms with E-state index in [1.165, 1.54) is 17.8 Å². The van der Waals surface area contributed by atoms with Crippen LogP contribution in [0.1, 0.15) is 26.2 Å². The van der Waals surface area contributed by atoms with Crippen LogP contribution in [0.3, 0.4) is 0 Å². The number of benzene rings is 1. The number of unbranched alkanes of at least 4 members (excludes halogenated alkanes) is 1. The van der Waals surface area contributed by atoms with E-state index in [4.69, 9.17) is 0 Å². The molecule has 0 bridgehead atoms. The van der Waals surface area contributed by atoms with E-state index in [9.17, 15) is 17.6 Å². The number of thioether (sulfide) groups is 1. The smallest absolute Gasteiger partial charge is 0.248 e. The highest BCUT2D eigenvalue weighted by Gasteiger charge is 2.49. The Labute approximate surface area is 159 Å². The summed E-state index contributed by atoms with van der Waals surface area (Å²) in [6, 6.07) is 4.20. The molecule has 0 spiro atoms. The molecule has 1 aromatic rings. The zero-order chi connectivity index (χ0) is 18.2. The van der Waals surface area contributed by atoms with Gasteiger partial charge in [0.1, 0.15) is 5.82 Å². The van der Waals surface area contributed by atoms with Gasteiger partial charge in [0.05, 0.1) is 23.2 Å². The largest absolute Gasteiger partial charge is 0.313 e. The van der Waals surface area contributed by atoms with Crippen molar-refractivity contribution in [3.63, 3.8) is 0 Å². The third kappa shape index (κ3) is 4.09. The van der Waals surface area contributed by atoms with Crippen molar-refractivity contribution in [2.75, 3.05) is 16.4 Å². The van der Waals surface area contributed by atoms with Crippen molar-refractivity contribution in [3.8, 4) is 0 Å². The second-order valence-corrected chi connectivity index (χ2v) is 10.4. The van der Waals surface area contributed by atoms with Gasteiger partial charge in [-0.25, -0.2) is 12.8 Å². The minimum atomic E-state index is -3.17. The normalized spacial score (nSPS) is 26.2. The lowest BCUT2D eigenvalue weighted by Gasteiger charge is -2.25. The number of rotatable bonds is 4. The zero-order valence-electron chi connectivity index (χ0n) is 13.6. The van der Waals surface area contributed by atoms with E-state index < -0.39 is 21.7 Å². The van der Waals surface area contributed by atoms with Crippen molar-refractivity contribution in [1.82, 2.24) is 0 Å². The first-order chi connectivity index (χ1) is 11.8. The number of sulfone groups is 1. The molecule has 136 valence electrons. The summed E-state index contributed by atoms with van der Waals surface area (Å²) in [5.74, 6) is -0.759. The van der Waals surface area contributed by atoms with Crippen LogP contribution in [0.25, 0.3) is 0 Å². The standard InChI is InChI=1S/C16H18BrFN2O3S2/c1-2-3-4-15(21)19-16-20(12-6-5-10(17)7-11(12)18)13-8-25(22,23)9-14(13)24-16/h5-7,13-14H,2-4,8-9H2,1H3/t13-,14+/m0/s1. The Morgan fingerprint density at radius 3 is 2.88 bits per heavy atom. The van der Waals surface area contributed by atoms with Gasteiger partial charge in [-0.05, 0) is 24.6 Å². The number of anilines is 1. The third-order valence-corrected chi connectivity index (χ3v) is 7.90. The van der Waals surface area contributed by atoms with E-state index in [2.05, 4.69) is 20.9 Å². The number of hydrogen-bond donors (Lipinski definition) is 0. The molecule has 2 atom stereocenters. The molecule has 1 aromatic carbocycles.